The highest BCUT2D eigenvalue weighted by Crippen LogP contribution is 2.51. The molecule has 1 saturated carbocycles. The smallest absolute Gasteiger partial charge is 0.261 e. The quantitative estimate of drug-likeness (QED) is 0.682. The first-order valence-electron chi connectivity index (χ1n) is 7.23. The zero-order valence-corrected chi connectivity index (χ0v) is 11.7. The van der Waals surface area contributed by atoms with Crippen LogP contribution in [0.4, 0.5) is 0 Å². The van der Waals surface area contributed by atoms with Gasteiger partial charge in [0.1, 0.15) is 11.0 Å². The van der Waals surface area contributed by atoms with Gasteiger partial charge in [-0.2, -0.15) is 0 Å². The van der Waals surface area contributed by atoms with Gasteiger partial charge in [-0.3, -0.25) is 19.2 Å². The van der Waals surface area contributed by atoms with Gasteiger partial charge in [0.05, 0.1) is 7.11 Å². The van der Waals surface area contributed by atoms with Gasteiger partial charge in [0.15, 0.2) is 11.6 Å². The minimum Gasteiger partial charge on any atom is -0.295 e. The van der Waals surface area contributed by atoms with Gasteiger partial charge >= 0.3 is 0 Å². The van der Waals surface area contributed by atoms with Gasteiger partial charge in [0.2, 0.25) is 0 Å². The van der Waals surface area contributed by atoms with Crippen LogP contribution in [0.5, 0.6) is 0 Å². The second-order valence-corrected chi connectivity index (χ2v) is 5.98. The van der Waals surface area contributed by atoms with Crippen molar-refractivity contribution >= 4 is 17.5 Å². The number of carbonyl (C=O) groups is 3. The predicted octanol–water partition coefficient (Wildman–Crippen LogP) is 1.57. The molecule has 0 N–H and O–H groups in total. The van der Waals surface area contributed by atoms with Gasteiger partial charge in [0, 0.05) is 6.42 Å². The Kier molecular flexibility index (Phi) is 3.05. The third kappa shape index (κ3) is 1.56. The average molecular weight is 277 g/mol. The van der Waals surface area contributed by atoms with E-state index in [1.807, 2.05) is 0 Å². The molecule has 0 aromatic carbocycles. The van der Waals surface area contributed by atoms with E-state index in [1.165, 1.54) is 18.2 Å². The maximum atomic E-state index is 13.0. The van der Waals surface area contributed by atoms with Crippen LogP contribution < -0.4 is 0 Å². The fourth-order valence-electron chi connectivity index (χ4n) is 3.89. The van der Waals surface area contributed by atoms with Crippen molar-refractivity contribution in [3.05, 3.63) is 12.2 Å². The Morgan fingerprint density at radius 3 is 2.35 bits per heavy atom. The molecule has 3 aliphatic rings. The molecule has 0 aromatic heterocycles. The van der Waals surface area contributed by atoms with E-state index in [9.17, 15) is 14.4 Å². The lowest BCUT2D eigenvalue weighted by atomic mass is 9.67. The van der Waals surface area contributed by atoms with Gasteiger partial charge < -0.3 is 0 Å². The van der Waals surface area contributed by atoms with Gasteiger partial charge in [-0.1, -0.05) is 19.3 Å². The van der Waals surface area contributed by atoms with Crippen LogP contribution in [0.1, 0.15) is 44.9 Å². The van der Waals surface area contributed by atoms with Crippen molar-refractivity contribution in [1.29, 1.82) is 0 Å². The summed E-state index contributed by atoms with van der Waals surface area (Å²) in [5, 5.41) is 1.23. The number of carbonyl (C=O) groups excluding carboxylic acids is 3. The van der Waals surface area contributed by atoms with Gasteiger partial charge in [0.25, 0.3) is 5.91 Å². The fraction of sp³-hybridized carbons (Fsp3) is 0.667. The van der Waals surface area contributed by atoms with Crippen molar-refractivity contribution < 1.29 is 19.2 Å². The molecule has 0 bridgehead atoms. The standard InChI is InChI=1S/C15H19NO4/c1-20-16-13(19)14(7-3-2-4-8-14)12(18)15(16)9-5-11(17)6-10-15/h5,9H,2-4,6-8,10H2,1H3. The second kappa shape index (κ2) is 4.52. The summed E-state index contributed by atoms with van der Waals surface area (Å²) < 4.78 is 0. The zero-order valence-electron chi connectivity index (χ0n) is 11.7. The largest absolute Gasteiger partial charge is 0.295 e. The molecule has 2 spiro atoms. The number of rotatable bonds is 1. The molecule has 108 valence electrons. The normalized spacial score (nSPS) is 32.6. The Morgan fingerprint density at radius 2 is 1.80 bits per heavy atom. The molecule has 1 unspecified atom stereocenters. The van der Waals surface area contributed by atoms with Crippen molar-refractivity contribution in [3.8, 4) is 0 Å². The topological polar surface area (TPSA) is 63.7 Å². The number of hydrogen-bond acceptors (Lipinski definition) is 4. The molecule has 2 fully saturated rings. The van der Waals surface area contributed by atoms with E-state index in [-0.39, 0.29) is 23.9 Å². The molecule has 1 aliphatic heterocycles. The Labute approximate surface area is 117 Å². The molecule has 20 heavy (non-hydrogen) atoms. The Hall–Kier alpha value is -1.49. The molecule has 1 heterocycles. The molecule has 3 rings (SSSR count). The van der Waals surface area contributed by atoms with Crippen molar-refractivity contribution in [3.63, 3.8) is 0 Å². The van der Waals surface area contributed by atoms with E-state index in [4.69, 9.17) is 4.84 Å². The van der Waals surface area contributed by atoms with Crippen LogP contribution in [-0.2, 0) is 19.2 Å². The number of ketones is 2. The van der Waals surface area contributed by atoms with Crippen LogP contribution in [0.15, 0.2) is 12.2 Å². The van der Waals surface area contributed by atoms with Crippen molar-refractivity contribution in [2.24, 2.45) is 5.41 Å². The minimum absolute atomic E-state index is 0.00322. The number of hydroxylamine groups is 2. The van der Waals surface area contributed by atoms with Crippen molar-refractivity contribution in [2.45, 2.75) is 50.5 Å². The third-order valence-electron chi connectivity index (χ3n) is 4.97. The number of amides is 1. The second-order valence-electron chi connectivity index (χ2n) is 5.98. The first-order valence-corrected chi connectivity index (χ1v) is 7.23. The summed E-state index contributed by atoms with van der Waals surface area (Å²) in [5.74, 6) is -0.291. The maximum absolute atomic E-state index is 13.0. The van der Waals surface area contributed by atoms with E-state index in [2.05, 4.69) is 0 Å². The molecule has 1 atom stereocenters. The van der Waals surface area contributed by atoms with Crippen LogP contribution >= 0.6 is 0 Å². The van der Waals surface area contributed by atoms with Crippen LogP contribution in [-0.4, -0.2) is 35.2 Å². The zero-order chi connectivity index (χ0) is 14.4. The Bertz CT molecular complexity index is 504. The first kappa shape index (κ1) is 13.5. The lowest BCUT2D eigenvalue weighted by molar-refractivity contribution is -0.193. The summed E-state index contributed by atoms with van der Waals surface area (Å²) in [5.41, 5.74) is -1.98. The predicted molar refractivity (Wildman–Crippen MR) is 70.5 cm³/mol. The van der Waals surface area contributed by atoms with E-state index in [0.717, 1.165) is 19.3 Å². The monoisotopic (exact) mass is 277 g/mol. The average Bonchev–Trinajstić information content (AvgIpc) is 2.64. The summed E-state index contributed by atoms with van der Waals surface area (Å²) in [6.45, 7) is 0. The third-order valence-corrected chi connectivity index (χ3v) is 4.97. The summed E-state index contributed by atoms with van der Waals surface area (Å²) >= 11 is 0. The molecular weight excluding hydrogens is 258 g/mol. The van der Waals surface area contributed by atoms with Crippen LogP contribution in [0.3, 0.4) is 0 Å². The number of nitrogens with zero attached hydrogens (tertiary/aromatic N) is 1. The number of Topliss-reactive ketones (excluding diaryl/α,β-unsaturated/α-hetero) is 1. The van der Waals surface area contributed by atoms with Gasteiger partial charge in [-0.25, -0.2) is 5.06 Å². The first-order chi connectivity index (χ1) is 9.57. The van der Waals surface area contributed by atoms with Gasteiger partial charge in [-0.15, -0.1) is 0 Å². The highest BCUT2D eigenvalue weighted by Gasteiger charge is 2.66. The van der Waals surface area contributed by atoms with Crippen LogP contribution in [0.25, 0.3) is 0 Å². The summed E-state index contributed by atoms with van der Waals surface area (Å²) in [4.78, 5) is 42.4. The fourth-order valence-corrected chi connectivity index (χ4v) is 3.89. The Morgan fingerprint density at radius 1 is 1.10 bits per heavy atom. The molecule has 1 amide bonds. The Balaban J connectivity index is 2.07. The molecule has 0 radical (unpaired) electrons. The molecule has 1 saturated heterocycles. The van der Waals surface area contributed by atoms with Crippen LogP contribution in [0.2, 0.25) is 0 Å². The number of allylic oxidation sites excluding steroid dienone is 1. The van der Waals surface area contributed by atoms with E-state index < -0.39 is 11.0 Å². The maximum Gasteiger partial charge on any atom is 0.261 e. The molecule has 0 aromatic rings. The van der Waals surface area contributed by atoms with Crippen molar-refractivity contribution in [2.75, 3.05) is 7.11 Å². The van der Waals surface area contributed by atoms with Gasteiger partial charge in [-0.05, 0) is 31.4 Å². The summed E-state index contributed by atoms with van der Waals surface area (Å²) in [7, 11) is 1.42. The lowest BCUT2D eigenvalue weighted by Gasteiger charge is -2.33. The highest BCUT2D eigenvalue weighted by atomic mass is 16.7. The van der Waals surface area contributed by atoms with Crippen molar-refractivity contribution in [1.82, 2.24) is 5.06 Å². The molecular formula is C15H19NO4. The molecule has 5 nitrogen and oxygen atoms in total. The minimum atomic E-state index is -1.06. The summed E-state index contributed by atoms with van der Waals surface area (Å²) in [6, 6.07) is 0. The van der Waals surface area contributed by atoms with E-state index >= 15 is 0 Å². The number of hydrogen-bond donors (Lipinski definition) is 0. The van der Waals surface area contributed by atoms with E-state index in [0.29, 0.717) is 19.3 Å². The molecule has 5 heteroatoms. The highest BCUT2D eigenvalue weighted by molar-refractivity contribution is 6.18. The summed E-state index contributed by atoms with van der Waals surface area (Å²) in [6.07, 6.45) is 7.68. The van der Waals surface area contributed by atoms with E-state index in [1.54, 1.807) is 6.08 Å². The van der Waals surface area contributed by atoms with Crippen LogP contribution in [0, 0.1) is 5.41 Å². The molecule has 2 aliphatic carbocycles. The SMILES string of the molecule is CON1C(=O)C2(CCCCC2)C(=O)C12C=CC(=O)CC2. The lowest BCUT2D eigenvalue weighted by Crippen LogP contribution is -2.49.